The summed E-state index contributed by atoms with van der Waals surface area (Å²) in [6.45, 7) is 1.57. The van der Waals surface area contributed by atoms with Crippen LogP contribution in [0.5, 0.6) is 0 Å². The Balaban J connectivity index is 1.35. The molecular weight excluding hydrogens is 554 g/mol. The van der Waals surface area contributed by atoms with Crippen LogP contribution in [0.3, 0.4) is 0 Å². The van der Waals surface area contributed by atoms with Gasteiger partial charge in [-0.2, -0.15) is 0 Å². The first kappa shape index (κ1) is 25.5. The van der Waals surface area contributed by atoms with Gasteiger partial charge in [-0.1, -0.05) is 0 Å². The van der Waals surface area contributed by atoms with Gasteiger partial charge in [0.25, 0.3) is 0 Å². The fourth-order valence-corrected chi connectivity index (χ4v) is 12.1. The number of hydrogen-bond acceptors (Lipinski definition) is 2. The van der Waals surface area contributed by atoms with Crippen LogP contribution in [0, 0.1) is 11.8 Å². The van der Waals surface area contributed by atoms with Crippen LogP contribution in [0.2, 0.25) is 0 Å². The Morgan fingerprint density at radius 3 is 1.41 bits per heavy atom. The van der Waals surface area contributed by atoms with Crippen LogP contribution in [0.15, 0.2) is 48.5 Å². The summed E-state index contributed by atoms with van der Waals surface area (Å²) in [5, 5.41) is 6.40. The molecule has 2 aliphatic carbocycles. The third-order valence-electron chi connectivity index (χ3n) is 7.04. The Labute approximate surface area is 215 Å². The van der Waals surface area contributed by atoms with Crippen molar-refractivity contribution in [2.24, 2.45) is 11.8 Å². The van der Waals surface area contributed by atoms with Crippen LogP contribution in [0.1, 0.15) is 84.9 Å². The average Bonchev–Trinajstić information content (AvgIpc) is 2.90. The Morgan fingerprint density at radius 1 is 0.618 bits per heavy atom. The molecule has 0 spiro atoms. The zero-order chi connectivity index (χ0) is 23.6. The van der Waals surface area contributed by atoms with Crippen LogP contribution < -0.4 is 19.6 Å². The molecule has 2 N–H and O–H groups in total. The van der Waals surface area contributed by atoms with E-state index >= 15 is 0 Å². The van der Waals surface area contributed by atoms with E-state index in [1.54, 1.807) is 0 Å². The van der Waals surface area contributed by atoms with E-state index in [9.17, 15) is 9.59 Å². The summed E-state index contributed by atoms with van der Waals surface area (Å²) >= 11 is 0.261. The third-order valence-corrected chi connectivity index (χ3v) is 14.3. The first-order chi connectivity index (χ1) is 16.7. The fourth-order valence-electron chi connectivity index (χ4n) is 4.99. The zero-order valence-corrected chi connectivity index (χ0v) is 23.3. The summed E-state index contributed by atoms with van der Waals surface area (Å²) < 4.78 is 2.27. The van der Waals surface area contributed by atoms with E-state index in [4.69, 9.17) is 0 Å². The third kappa shape index (κ3) is 7.46. The molecule has 0 heterocycles. The van der Waals surface area contributed by atoms with Crippen LogP contribution in [-0.4, -0.2) is 51.2 Å². The molecule has 6 heteroatoms. The molecule has 0 saturated heterocycles. The second-order valence-electron chi connectivity index (χ2n) is 9.59. The SMILES string of the molecule is O=C(NCC1CCCCC1)c1ccccc1[Se][Se]c1ccccc1C(=O)NCC1CCCCC1. The fraction of sp³-hybridized carbons (Fsp3) is 0.500. The Kier molecular flexibility index (Phi) is 10.1. The van der Waals surface area contributed by atoms with Crippen molar-refractivity contribution in [2.75, 3.05) is 13.1 Å². The van der Waals surface area contributed by atoms with Gasteiger partial charge in [0.05, 0.1) is 0 Å². The summed E-state index contributed by atoms with van der Waals surface area (Å²) in [5.41, 5.74) is 1.61. The van der Waals surface area contributed by atoms with Gasteiger partial charge >= 0.3 is 216 Å². The number of benzene rings is 2. The molecule has 34 heavy (non-hydrogen) atoms. The van der Waals surface area contributed by atoms with E-state index in [0.29, 0.717) is 11.8 Å². The minimum absolute atomic E-state index is 0.0531. The van der Waals surface area contributed by atoms with Crippen molar-refractivity contribution in [3.63, 3.8) is 0 Å². The van der Waals surface area contributed by atoms with E-state index in [-0.39, 0.29) is 38.1 Å². The van der Waals surface area contributed by atoms with Gasteiger partial charge in [0.2, 0.25) is 0 Å². The molecule has 2 saturated carbocycles. The first-order valence-corrected chi connectivity index (χ1v) is 18.8. The predicted molar refractivity (Wildman–Crippen MR) is 141 cm³/mol. The van der Waals surface area contributed by atoms with Gasteiger partial charge in [-0.25, -0.2) is 0 Å². The van der Waals surface area contributed by atoms with Gasteiger partial charge in [0.15, 0.2) is 0 Å². The Morgan fingerprint density at radius 2 is 1.00 bits per heavy atom. The standard InChI is InChI=1S/C28H36N2O2Se2/c31-27(29-19-21-11-3-1-4-12-21)23-15-7-9-17-25(23)33-34-26-18-10-8-16-24(26)28(32)30-20-22-13-5-2-6-14-22/h7-10,15-18,21-22H,1-6,11-14,19-20H2,(H,29,31)(H,30,32). The van der Waals surface area contributed by atoms with E-state index < -0.39 is 0 Å². The van der Waals surface area contributed by atoms with Crippen LogP contribution in [-0.2, 0) is 0 Å². The average molecular weight is 591 g/mol. The van der Waals surface area contributed by atoms with Crippen molar-refractivity contribution in [3.8, 4) is 0 Å². The molecule has 4 nitrogen and oxygen atoms in total. The maximum absolute atomic E-state index is 13.0. The van der Waals surface area contributed by atoms with E-state index in [0.717, 1.165) is 33.1 Å². The molecule has 0 bridgehead atoms. The molecule has 2 aliphatic rings. The van der Waals surface area contributed by atoms with E-state index in [1.165, 1.54) is 64.2 Å². The summed E-state index contributed by atoms with van der Waals surface area (Å²) in [6.07, 6.45) is 12.7. The van der Waals surface area contributed by atoms with Crippen molar-refractivity contribution in [1.29, 1.82) is 0 Å². The molecule has 2 amide bonds. The van der Waals surface area contributed by atoms with Gasteiger partial charge < -0.3 is 0 Å². The van der Waals surface area contributed by atoms with Gasteiger partial charge in [-0.05, 0) is 0 Å². The summed E-state index contributed by atoms with van der Waals surface area (Å²) in [7, 11) is 0. The van der Waals surface area contributed by atoms with Gasteiger partial charge in [0, 0.05) is 0 Å². The van der Waals surface area contributed by atoms with Crippen molar-refractivity contribution in [1.82, 2.24) is 10.6 Å². The molecule has 2 fully saturated rings. The monoisotopic (exact) mass is 592 g/mol. The molecular formula is C28H36N2O2Se2. The Hall–Kier alpha value is -1.58. The molecule has 0 unspecified atom stereocenters. The van der Waals surface area contributed by atoms with E-state index in [2.05, 4.69) is 22.8 Å². The molecule has 2 aromatic carbocycles. The molecule has 2 aromatic rings. The zero-order valence-electron chi connectivity index (χ0n) is 19.9. The number of hydrogen-bond donors (Lipinski definition) is 2. The minimum atomic E-state index is 0.0531. The predicted octanol–water partition coefficient (Wildman–Crippen LogP) is 3.58. The molecule has 0 radical (unpaired) electrons. The van der Waals surface area contributed by atoms with Crippen molar-refractivity contribution >= 4 is 47.0 Å². The quantitative estimate of drug-likeness (QED) is 0.439. The summed E-state index contributed by atoms with van der Waals surface area (Å²) in [4.78, 5) is 25.9. The number of amides is 2. The molecule has 0 aliphatic heterocycles. The normalized spacial score (nSPS) is 17.3. The second kappa shape index (κ2) is 13.5. The Bertz CT molecular complexity index is 875. The molecule has 182 valence electrons. The van der Waals surface area contributed by atoms with Crippen molar-refractivity contribution in [2.45, 2.75) is 64.2 Å². The van der Waals surface area contributed by atoms with Crippen LogP contribution >= 0.6 is 0 Å². The number of nitrogens with one attached hydrogen (secondary N) is 2. The molecule has 0 atom stereocenters. The molecule has 4 rings (SSSR count). The first-order valence-electron chi connectivity index (χ1n) is 12.8. The summed E-state index contributed by atoms with van der Waals surface area (Å²) in [5.74, 6) is 1.35. The number of rotatable bonds is 9. The second-order valence-corrected chi connectivity index (χ2v) is 15.8. The maximum atomic E-state index is 13.0. The van der Waals surface area contributed by atoms with E-state index in [1.807, 2.05) is 36.4 Å². The summed E-state index contributed by atoms with van der Waals surface area (Å²) in [6, 6.07) is 16.0. The van der Waals surface area contributed by atoms with Gasteiger partial charge in [-0.3, -0.25) is 0 Å². The van der Waals surface area contributed by atoms with Crippen molar-refractivity contribution in [3.05, 3.63) is 59.7 Å². The molecule has 0 aromatic heterocycles. The topological polar surface area (TPSA) is 58.2 Å². The van der Waals surface area contributed by atoms with Crippen LogP contribution in [0.25, 0.3) is 0 Å². The van der Waals surface area contributed by atoms with Gasteiger partial charge in [0.1, 0.15) is 0 Å². The van der Waals surface area contributed by atoms with Crippen LogP contribution in [0.4, 0.5) is 0 Å². The number of carbonyl (C=O) groups is 2. The number of carbonyl (C=O) groups excluding carboxylic acids is 2. The van der Waals surface area contributed by atoms with Crippen molar-refractivity contribution < 1.29 is 9.59 Å². The van der Waals surface area contributed by atoms with Gasteiger partial charge in [-0.15, -0.1) is 0 Å².